The fourth-order valence-corrected chi connectivity index (χ4v) is 0.922. The average Bonchev–Trinajstić information content (AvgIpc) is 2.27. The van der Waals surface area contributed by atoms with E-state index in [0.29, 0.717) is 0 Å². The zero-order valence-electron chi connectivity index (χ0n) is 10.2. The summed E-state index contributed by atoms with van der Waals surface area (Å²) < 4.78 is 14.9. The van der Waals surface area contributed by atoms with Crippen molar-refractivity contribution < 1.29 is 23.8 Å². The molecule has 0 bridgehead atoms. The van der Waals surface area contributed by atoms with Gasteiger partial charge in [0.1, 0.15) is 12.2 Å². The Labute approximate surface area is 101 Å². The highest BCUT2D eigenvalue weighted by Crippen LogP contribution is 2.10. The molecule has 0 amide bonds. The molecule has 0 spiro atoms. The lowest BCUT2D eigenvalue weighted by atomic mass is 10.1. The van der Waals surface area contributed by atoms with Gasteiger partial charge in [-0.3, -0.25) is 0 Å². The van der Waals surface area contributed by atoms with E-state index >= 15 is 0 Å². The van der Waals surface area contributed by atoms with Crippen LogP contribution in [0.15, 0.2) is 25.3 Å². The molecule has 0 aliphatic heterocycles. The molecule has 0 aliphatic carbocycles. The van der Waals surface area contributed by atoms with Gasteiger partial charge in [0, 0.05) is 12.2 Å². The summed E-state index contributed by atoms with van der Waals surface area (Å²) in [5.41, 5.74) is -0.742. The molecule has 0 atom stereocenters. The van der Waals surface area contributed by atoms with E-state index in [4.69, 9.17) is 14.2 Å². The van der Waals surface area contributed by atoms with E-state index in [2.05, 4.69) is 13.2 Å². The van der Waals surface area contributed by atoms with E-state index in [9.17, 15) is 9.59 Å². The third-order valence-electron chi connectivity index (χ3n) is 1.63. The van der Waals surface area contributed by atoms with E-state index in [-0.39, 0.29) is 19.8 Å². The SMILES string of the molecule is C=CC(=O)OCCOCC(C)(C)OC(=O)C=C. The predicted molar refractivity (Wildman–Crippen MR) is 62.3 cm³/mol. The Bertz CT molecular complexity index is 293. The normalized spacial score (nSPS) is 10.5. The fourth-order valence-electron chi connectivity index (χ4n) is 0.922. The van der Waals surface area contributed by atoms with Crippen LogP contribution in [0.1, 0.15) is 13.8 Å². The monoisotopic (exact) mass is 242 g/mol. The molecule has 96 valence electrons. The van der Waals surface area contributed by atoms with Crippen molar-refractivity contribution >= 4 is 11.9 Å². The minimum absolute atomic E-state index is 0.135. The van der Waals surface area contributed by atoms with E-state index in [1.54, 1.807) is 13.8 Å². The van der Waals surface area contributed by atoms with E-state index in [1.807, 2.05) is 0 Å². The highest BCUT2D eigenvalue weighted by atomic mass is 16.6. The first-order chi connectivity index (χ1) is 7.91. The lowest BCUT2D eigenvalue weighted by Gasteiger charge is -2.24. The first-order valence-electron chi connectivity index (χ1n) is 5.13. The molecular formula is C12H18O5. The molecule has 17 heavy (non-hydrogen) atoms. The van der Waals surface area contributed by atoms with Crippen LogP contribution in [-0.4, -0.2) is 37.4 Å². The maximum atomic E-state index is 11.0. The van der Waals surface area contributed by atoms with Crippen molar-refractivity contribution in [2.45, 2.75) is 19.4 Å². The number of rotatable bonds is 8. The van der Waals surface area contributed by atoms with Crippen molar-refractivity contribution in [3.63, 3.8) is 0 Å². The maximum absolute atomic E-state index is 11.0. The molecule has 0 aromatic carbocycles. The van der Waals surface area contributed by atoms with Crippen molar-refractivity contribution in [2.75, 3.05) is 19.8 Å². The Morgan fingerprint density at radius 1 is 1.12 bits per heavy atom. The largest absolute Gasteiger partial charge is 0.460 e. The van der Waals surface area contributed by atoms with Crippen LogP contribution < -0.4 is 0 Å². The second-order valence-electron chi connectivity index (χ2n) is 3.81. The predicted octanol–water partition coefficient (Wildman–Crippen LogP) is 1.24. The van der Waals surface area contributed by atoms with Gasteiger partial charge in [0.15, 0.2) is 0 Å². The average molecular weight is 242 g/mol. The van der Waals surface area contributed by atoms with Gasteiger partial charge in [-0.25, -0.2) is 9.59 Å². The van der Waals surface area contributed by atoms with Gasteiger partial charge < -0.3 is 14.2 Å². The van der Waals surface area contributed by atoms with Crippen molar-refractivity contribution in [3.8, 4) is 0 Å². The Morgan fingerprint density at radius 3 is 2.24 bits per heavy atom. The molecule has 5 heteroatoms. The molecule has 0 heterocycles. The summed E-state index contributed by atoms with van der Waals surface area (Å²) >= 11 is 0. The van der Waals surface area contributed by atoms with Gasteiger partial charge in [0.2, 0.25) is 0 Å². The Morgan fingerprint density at radius 2 is 1.71 bits per heavy atom. The smallest absolute Gasteiger partial charge is 0.330 e. The number of carbonyl (C=O) groups excluding carboxylic acids is 2. The molecule has 0 aromatic heterocycles. The Balaban J connectivity index is 3.72. The lowest BCUT2D eigenvalue weighted by molar-refractivity contribution is -0.156. The molecule has 0 saturated carbocycles. The van der Waals surface area contributed by atoms with Crippen LogP contribution in [0.4, 0.5) is 0 Å². The van der Waals surface area contributed by atoms with Crippen LogP contribution in [0.3, 0.4) is 0 Å². The number of hydrogen-bond acceptors (Lipinski definition) is 5. The number of carbonyl (C=O) groups is 2. The molecule has 0 fully saturated rings. The molecule has 0 saturated heterocycles. The van der Waals surface area contributed by atoms with E-state index < -0.39 is 17.5 Å². The molecule has 0 unspecified atom stereocenters. The van der Waals surface area contributed by atoms with Crippen LogP contribution >= 0.6 is 0 Å². The van der Waals surface area contributed by atoms with Crippen LogP contribution in [-0.2, 0) is 23.8 Å². The first kappa shape index (κ1) is 15.4. The highest BCUT2D eigenvalue weighted by Gasteiger charge is 2.21. The summed E-state index contributed by atoms with van der Waals surface area (Å²) in [6.45, 7) is 10.6. The summed E-state index contributed by atoms with van der Waals surface area (Å²) in [7, 11) is 0. The minimum atomic E-state index is -0.742. The van der Waals surface area contributed by atoms with Crippen molar-refractivity contribution in [1.29, 1.82) is 0 Å². The van der Waals surface area contributed by atoms with Gasteiger partial charge in [-0.15, -0.1) is 0 Å². The van der Waals surface area contributed by atoms with E-state index in [0.717, 1.165) is 12.2 Å². The zero-order chi connectivity index (χ0) is 13.3. The first-order valence-corrected chi connectivity index (χ1v) is 5.13. The maximum Gasteiger partial charge on any atom is 0.330 e. The summed E-state index contributed by atoms with van der Waals surface area (Å²) in [6.07, 6.45) is 2.17. The summed E-state index contributed by atoms with van der Waals surface area (Å²) in [5.74, 6) is -0.998. The topological polar surface area (TPSA) is 61.8 Å². The molecule has 0 aromatic rings. The number of hydrogen-bond donors (Lipinski definition) is 0. The van der Waals surface area contributed by atoms with Crippen LogP contribution in [0.2, 0.25) is 0 Å². The second kappa shape index (κ2) is 7.62. The van der Waals surface area contributed by atoms with E-state index in [1.165, 1.54) is 0 Å². The molecule has 0 rings (SSSR count). The molecular weight excluding hydrogens is 224 g/mol. The van der Waals surface area contributed by atoms with Gasteiger partial charge in [0.05, 0.1) is 13.2 Å². The zero-order valence-corrected chi connectivity index (χ0v) is 10.2. The highest BCUT2D eigenvalue weighted by molar-refractivity contribution is 5.81. The van der Waals surface area contributed by atoms with Gasteiger partial charge in [-0.1, -0.05) is 13.2 Å². The number of ether oxygens (including phenoxy) is 3. The summed E-state index contributed by atoms with van der Waals surface area (Å²) in [5, 5.41) is 0. The summed E-state index contributed by atoms with van der Waals surface area (Å²) in [4.78, 5) is 21.6. The van der Waals surface area contributed by atoms with Gasteiger partial charge in [-0.05, 0) is 13.8 Å². The van der Waals surface area contributed by atoms with Gasteiger partial charge in [-0.2, -0.15) is 0 Å². The van der Waals surface area contributed by atoms with Crippen LogP contribution in [0.5, 0.6) is 0 Å². The lowest BCUT2D eigenvalue weighted by Crippen LogP contribution is -2.33. The third kappa shape index (κ3) is 8.21. The second-order valence-corrected chi connectivity index (χ2v) is 3.81. The molecule has 5 nitrogen and oxygen atoms in total. The van der Waals surface area contributed by atoms with Gasteiger partial charge >= 0.3 is 11.9 Å². The van der Waals surface area contributed by atoms with Crippen LogP contribution in [0.25, 0.3) is 0 Å². The molecule has 0 aliphatic rings. The summed E-state index contributed by atoms with van der Waals surface area (Å²) in [6, 6.07) is 0. The van der Waals surface area contributed by atoms with Crippen molar-refractivity contribution in [3.05, 3.63) is 25.3 Å². The van der Waals surface area contributed by atoms with Crippen LogP contribution in [0, 0.1) is 0 Å². The fraction of sp³-hybridized carbons (Fsp3) is 0.500. The molecule has 0 radical (unpaired) electrons. The third-order valence-corrected chi connectivity index (χ3v) is 1.63. The standard InChI is InChI=1S/C12H18O5/c1-5-10(13)16-8-7-15-9-12(3,4)17-11(14)6-2/h5-6H,1-2,7-9H2,3-4H3. The van der Waals surface area contributed by atoms with Crippen molar-refractivity contribution in [1.82, 2.24) is 0 Å². The van der Waals surface area contributed by atoms with Crippen molar-refractivity contribution in [2.24, 2.45) is 0 Å². The van der Waals surface area contributed by atoms with Gasteiger partial charge in [0.25, 0.3) is 0 Å². The molecule has 0 N–H and O–H groups in total. The minimum Gasteiger partial charge on any atom is -0.460 e. The quantitative estimate of drug-likeness (QED) is 0.364. The Hall–Kier alpha value is -1.62. The Kier molecular flexibility index (Phi) is 6.89. The number of esters is 2.